The van der Waals surface area contributed by atoms with Gasteiger partial charge in [-0.1, -0.05) is 6.08 Å². The van der Waals surface area contributed by atoms with Crippen molar-refractivity contribution >= 4 is 11.9 Å². The first-order chi connectivity index (χ1) is 4.13. The van der Waals surface area contributed by atoms with E-state index in [-0.39, 0.29) is 6.42 Å². The third-order valence-corrected chi connectivity index (χ3v) is 0.579. The first-order valence-electron chi connectivity index (χ1n) is 2.30. The van der Waals surface area contributed by atoms with Gasteiger partial charge in [0.25, 0.3) is 0 Å². The van der Waals surface area contributed by atoms with Gasteiger partial charge in [-0.2, -0.15) is 0 Å². The van der Waals surface area contributed by atoms with Gasteiger partial charge in [0.15, 0.2) is 0 Å². The Kier molecular flexibility index (Phi) is 3.12. The highest BCUT2D eigenvalue weighted by atomic mass is 16.4. The summed E-state index contributed by atoms with van der Waals surface area (Å²) in [4.78, 5) is 19.7. The molecule has 4 nitrogen and oxygen atoms in total. The van der Waals surface area contributed by atoms with Gasteiger partial charge in [-0.3, -0.25) is 4.79 Å². The zero-order valence-corrected chi connectivity index (χ0v) is 4.70. The Hall–Kier alpha value is -1.32. The molecule has 9 heavy (non-hydrogen) atoms. The zero-order chi connectivity index (χ0) is 7.28. The summed E-state index contributed by atoms with van der Waals surface area (Å²) in [6.07, 6.45) is 2.06. The lowest BCUT2D eigenvalue weighted by Gasteiger charge is -1.80. The number of aliphatic carboxylic acids is 1. The quantitative estimate of drug-likeness (QED) is 0.504. The van der Waals surface area contributed by atoms with Gasteiger partial charge in [-0.15, -0.1) is 0 Å². The zero-order valence-electron chi connectivity index (χ0n) is 4.70. The Morgan fingerprint density at radius 1 is 1.56 bits per heavy atom. The molecule has 4 heteroatoms. The molecule has 0 heterocycles. The average molecular weight is 129 g/mol. The van der Waals surface area contributed by atoms with E-state index in [1.54, 1.807) is 0 Å². The van der Waals surface area contributed by atoms with Crippen molar-refractivity contribution in [3.63, 3.8) is 0 Å². The molecule has 0 aromatic rings. The van der Waals surface area contributed by atoms with Crippen LogP contribution in [-0.2, 0) is 9.59 Å². The van der Waals surface area contributed by atoms with Crippen LogP contribution in [0.25, 0.3) is 0 Å². The van der Waals surface area contributed by atoms with Gasteiger partial charge in [0.1, 0.15) is 0 Å². The van der Waals surface area contributed by atoms with Crippen molar-refractivity contribution in [2.24, 2.45) is 5.73 Å². The van der Waals surface area contributed by atoms with Gasteiger partial charge >= 0.3 is 5.97 Å². The first-order valence-corrected chi connectivity index (χ1v) is 2.30. The van der Waals surface area contributed by atoms with Crippen LogP contribution >= 0.6 is 0 Å². The highest BCUT2D eigenvalue weighted by Gasteiger charge is 1.88. The molecule has 0 bridgehead atoms. The van der Waals surface area contributed by atoms with E-state index in [4.69, 9.17) is 10.8 Å². The van der Waals surface area contributed by atoms with Crippen molar-refractivity contribution in [3.8, 4) is 0 Å². The number of nitrogens with two attached hydrogens (primary N) is 1. The third-order valence-electron chi connectivity index (χ3n) is 0.579. The fraction of sp³-hybridized carbons (Fsp3) is 0.200. The molecule has 0 aliphatic carbocycles. The first kappa shape index (κ1) is 7.68. The van der Waals surface area contributed by atoms with Crippen LogP contribution in [0.15, 0.2) is 12.2 Å². The number of amides is 1. The Bertz CT molecular complexity index is 150. The van der Waals surface area contributed by atoms with Crippen molar-refractivity contribution < 1.29 is 14.7 Å². The number of carboxylic acid groups (broad SMARTS) is 1. The van der Waals surface area contributed by atoms with Crippen LogP contribution in [0.1, 0.15) is 6.42 Å². The maximum absolute atomic E-state index is 9.96. The van der Waals surface area contributed by atoms with E-state index < -0.39 is 11.9 Å². The number of carboxylic acids is 1. The fourth-order valence-electron chi connectivity index (χ4n) is 0.276. The molecule has 0 aliphatic heterocycles. The van der Waals surface area contributed by atoms with Crippen LogP contribution in [-0.4, -0.2) is 17.0 Å². The van der Waals surface area contributed by atoms with Gasteiger partial charge in [-0.05, 0) is 0 Å². The van der Waals surface area contributed by atoms with Crippen molar-refractivity contribution in [2.45, 2.75) is 6.42 Å². The Morgan fingerprint density at radius 2 is 2.11 bits per heavy atom. The minimum Gasteiger partial charge on any atom is -0.478 e. The van der Waals surface area contributed by atoms with Crippen LogP contribution in [0.3, 0.4) is 0 Å². The molecule has 0 spiro atoms. The number of carbonyl (C=O) groups is 2. The molecule has 0 rings (SSSR count). The van der Waals surface area contributed by atoms with Gasteiger partial charge in [0.05, 0.1) is 0 Å². The molecule has 50 valence electrons. The predicted molar refractivity (Wildman–Crippen MR) is 30.6 cm³/mol. The molecular formula is C5H7NO3. The van der Waals surface area contributed by atoms with Crippen LogP contribution < -0.4 is 5.73 Å². The van der Waals surface area contributed by atoms with E-state index in [1.165, 1.54) is 6.08 Å². The number of primary amides is 1. The summed E-state index contributed by atoms with van der Waals surface area (Å²) >= 11 is 0. The Balaban J connectivity index is 3.48. The molecule has 0 aromatic carbocycles. The number of hydrogen-bond donors (Lipinski definition) is 2. The van der Waals surface area contributed by atoms with Crippen LogP contribution in [0, 0.1) is 0 Å². The Morgan fingerprint density at radius 3 is 2.44 bits per heavy atom. The molecule has 0 unspecified atom stereocenters. The van der Waals surface area contributed by atoms with E-state index >= 15 is 0 Å². The number of hydrogen-bond acceptors (Lipinski definition) is 2. The van der Waals surface area contributed by atoms with E-state index in [1.807, 2.05) is 0 Å². The molecule has 1 amide bonds. The van der Waals surface area contributed by atoms with E-state index in [9.17, 15) is 9.59 Å². The van der Waals surface area contributed by atoms with E-state index in [0.717, 1.165) is 6.08 Å². The number of rotatable bonds is 3. The largest absolute Gasteiger partial charge is 0.478 e. The molecule has 0 saturated carbocycles. The SMILES string of the molecule is NC(=O)CC=CC(=O)O. The van der Waals surface area contributed by atoms with Gasteiger partial charge in [0, 0.05) is 12.5 Å². The van der Waals surface area contributed by atoms with Crippen molar-refractivity contribution in [1.29, 1.82) is 0 Å². The van der Waals surface area contributed by atoms with E-state index in [2.05, 4.69) is 0 Å². The molecule has 0 fully saturated rings. The van der Waals surface area contributed by atoms with Crippen LogP contribution in [0.5, 0.6) is 0 Å². The molecule has 0 aromatic heterocycles. The second-order valence-electron chi connectivity index (χ2n) is 1.41. The van der Waals surface area contributed by atoms with E-state index in [0.29, 0.717) is 0 Å². The summed E-state index contributed by atoms with van der Waals surface area (Å²) in [5.41, 5.74) is 4.70. The molecule has 0 saturated heterocycles. The van der Waals surface area contributed by atoms with Gasteiger partial charge in [0.2, 0.25) is 5.91 Å². The molecular weight excluding hydrogens is 122 g/mol. The average Bonchev–Trinajstić information content (AvgIpc) is 1.63. The smallest absolute Gasteiger partial charge is 0.327 e. The molecule has 0 radical (unpaired) electrons. The maximum atomic E-state index is 9.96. The third kappa shape index (κ3) is 6.68. The van der Waals surface area contributed by atoms with Crippen LogP contribution in [0.2, 0.25) is 0 Å². The summed E-state index contributed by atoms with van der Waals surface area (Å²) in [6.45, 7) is 0. The second kappa shape index (κ2) is 3.65. The van der Waals surface area contributed by atoms with Crippen molar-refractivity contribution in [1.82, 2.24) is 0 Å². The highest BCUT2D eigenvalue weighted by Crippen LogP contribution is 1.79. The molecule has 0 aliphatic rings. The lowest BCUT2D eigenvalue weighted by molar-refractivity contribution is -0.131. The van der Waals surface area contributed by atoms with Crippen LogP contribution in [0.4, 0.5) is 0 Å². The molecule has 0 atom stereocenters. The normalized spacial score (nSPS) is 9.78. The van der Waals surface area contributed by atoms with Crippen molar-refractivity contribution in [3.05, 3.63) is 12.2 Å². The van der Waals surface area contributed by atoms with Gasteiger partial charge < -0.3 is 10.8 Å². The number of carbonyl (C=O) groups excluding carboxylic acids is 1. The summed E-state index contributed by atoms with van der Waals surface area (Å²) in [5, 5.41) is 7.99. The highest BCUT2D eigenvalue weighted by molar-refractivity contribution is 5.82. The Labute approximate surface area is 52.0 Å². The monoisotopic (exact) mass is 129 g/mol. The minimum absolute atomic E-state index is 0.0215. The summed E-state index contributed by atoms with van der Waals surface area (Å²) in [6, 6.07) is 0. The maximum Gasteiger partial charge on any atom is 0.327 e. The van der Waals surface area contributed by atoms with Crippen molar-refractivity contribution in [2.75, 3.05) is 0 Å². The summed E-state index contributed by atoms with van der Waals surface area (Å²) < 4.78 is 0. The second-order valence-corrected chi connectivity index (χ2v) is 1.41. The fourth-order valence-corrected chi connectivity index (χ4v) is 0.276. The summed E-state index contributed by atoms with van der Waals surface area (Å²) in [7, 11) is 0. The topological polar surface area (TPSA) is 80.4 Å². The lowest BCUT2D eigenvalue weighted by atomic mass is 10.4. The minimum atomic E-state index is -1.07. The lowest BCUT2D eigenvalue weighted by Crippen LogP contribution is -2.08. The molecule has 3 N–H and O–H groups in total. The predicted octanol–water partition coefficient (Wildman–Crippen LogP) is -0.497. The summed E-state index contributed by atoms with van der Waals surface area (Å²) in [5.74, 6) is -1.61. The standard InChI is InChI=1S/C5H7NO3/c6-4(7)2-1-3-5(8)9/h1,3H,2H2,(H2,6,7)(H,8,9). The van der Waals surface area contributed by atoms with Gasteiger partial charge in [-0.25, -0.2) is 4.79 Å².